The van der Waals surface area contributed by atoms with E-state index in [1.54, 1.807) is 32.3 Å². The maximum Gasteiger partial charge on any atom is 0.472 e. The third-order valence-electron chi connectivity index (χ3n) is 20.3. The number of aromatic nitrogens is 2. The van der Waals surface area contributed by atoms with E-state index >= 15 is 0 Å². The first-order valence-electron chi connectivity index (χ1n) is 30.1. The second-order valence-corrected chi connectivity index (χ2v) is 27.9. The molecule has 91 heavy (non-hydrogen) atoms. The maximum atomic E-state index is 14.7. The van der Waals surface area contributed by atoms with E-state index in [1.165, 1.54) is 13.3 Å². The average molecular weight is 1330 g/mol. The minimum atomic E-state index is -5.07. The number of hydrogen-bond donors (Lipinski definition) is 10. The van der Waals surface area contributed by atoms with E-state index in [0.29, 0.717) is 56.4 Å². The Hall–Kier alpha value is -6.53. The molecule has 6 aliphatic heterocycles. The Bertz CT molecular complexity index is 3530. The van der Waals surface area contributed by atoms with E-state index in [2.05, 4.69) is 10.3 Å². The summed E-state index contributed by atoms with van der Waals surface area (Å²) in [6.45, 7) is 18.7. The largest absolute Gasteiger partial charge is 0.682 e. The van der Waals surface area contributed by atoms with Gasteiger partial charge < -0.3 is 74.9 Å². The van der Waals surface area contributed by atoms with E-state index < -0.39 is 143 Å². The molecule has 8 bridgehead atoms. The Morgan fingerprint density at radius 2 is 1.40 bits per heavy atom. The van der Waals surface area contributed by atoms with Crippen LogP contribution in [-0.2, 0) is 68.7 Å². The first kappa shape index (κ1) is 73.5. The van der Waals surface area contributed by atoms with Gasteiger partial charge in [0, 0.05) is 113 Å². The first-order valence-corrected chi connectivity index (χ1v) is 31.6. The third-order valence-corrected chi connectivity index (χ3v) is 21.4. The zero-order valence-electron chi connectivity index (χ0n) is 53.3. The van der Waals surface area contributed by atoms with Gasteiger partial charge in [-0.15, -0.1) is 0 Å². The summed E-state index contributed by atoms with van der Waals surface area (Å²) >= 11 is 0. The number of fused-ring (bicyclic) bond motifs is 7. The molecule has 6 aliphatic rings. The summed E-state index contributed by atoms with van der Waals surface area (Å²) in [7, 11) is -5.07. The number of primary amides is 6. The number of hydrogen-bond acceptors (Lipinski definition) is 17. The molecular formula is C61H89CoN13O15P-. The molecule has 503 valence electrons. The van der Waals surface area contributed by atoms with Gasteiger partial charge in [-0.05, 0) is 126 Å². The predicted molar refractivity (Wildman–Crippen MR) is 333 cm³/mol. The number of phosphoric ester groups is 1. The van der Waals surface area contributed by atoms with Gasteiger partial charge in [-0.1, -0.05) is 33.7 Å². The van der Waals surface area contributed by atoms with Crippen LogP contribution in [0.15, 0.2) is 67.8 Å². The monoisotopic (exact) mass is 1330 g/mol. The van der Waals surface area contributed by atoms with Crippen molar-refractivity contribution >= 4 is 77.3 Å². The molecular weight excluding hydrogens is 1240 g/mol. The van der Waals surface area contributed by atoms with Crippen LogP contribution in [0.25, 0.3) is 16.4 Å². The van der Waals surface area contributed by atoms with E-state index in [1.807, 2.05) is 59.8 Å². The molecule has 0 saturated carbocycles. The zero-order valence-corrected chi connectivity index (χ0v) is 55.3. The Balaban J connectivity index is 0.00000658. The van der Waals surface area contributed by atoms with Crippen molar-refractivity contribution in [2.75, 3.05) is 13.2 Å². The molecule has 1 radical (unpaired) electrons. The van der Waals surface area contributed by atoms with Crippen LogP contribution in [-0.4, -0.2) is 138 Å². The summed E-state index contributed by atoms with van der Waals surface area (Å²) in [6, 6.07) is 2.58. The molecule has 0 aliphatic carbocycles. The molecule has 2 unspecified atom stereocenters. The number of aliphatic imine (C=N–C) groups is 3. The molecule has 7 amide bonds. The van der Waals surface area contributed by atoms with Gasteiger partial charge >= 0.3 is 7.82 Å². The minimum absolute atomic E-state index is 0. The van der Waals surface area contributed by atoms with Gasteiger partial charge in [-0.25, -0.2) is 9.55 Å². The third kappa shape index (κ3) is 13.6. The zero-order chi connectivity index (χ0) is 66.0. The molecule has 15 atom stereocenters. The Kier molecular flexibility index (Phi) is 22.0. The number of amides is 7. The summed E-state index contributed by atoms with van der Waals surface area (Å²) in [5.41, 5.74) is 36.0. The predicted octanol–water partition coefficient (Wildman–Crippen LogP) is 2.73. The fourth-order valence-corrected chi connectivity index (χ4v) is 16.1. The van der Waals surface area contributed by atoms with E-state index in [0.717, 1.165) is 11.1 Å². The molecule has 2 saturated heterocycles. The van der Waals surface area contributed by atoms with Crippen LogP contribution in [0.4, 0.5) is 0 Å². The maximum absolute atomic E-state index is 14.7. The summed E-state index contributed by atoms with van der Waals surface area (Å²) in [6.07, 6.45) is -4.50. The summed E-state index contributed by atoms with van der Waals surface area (Å²) in [4.78, 5) is 126. The smallest absolute Gasteiger partial charge is 0.472 e. The van der Waals surface area contributed by atoms with E-state index in [9.17, 15) is 53.2 Å². The summed E-state index contributed by atoms with van der Waals surface area (Å²) in [5.74, 6) is -7.85. The van der Waals surface area contributed by atoms with Crippen LogP contribution in [0.3, 0.4) is 0 Å². The van der Waals surface area contributed by atoms with Gasteiger partial charge in [0.1, 0.15) is 18.3 Å². The van der Waals surface area contributed by atoms with Crippen molar-refractivity contribution < 1.29 is 89.3 Å². The van der Waals surface area contributed by atoms with Crippen LogP contribution >= 0.6 is 7.82 Å². The topological polar surface area (TPSA) is 494 Å². The number of aliphatic hydroxyl groups excluding tert-OH is 2. The molecule has 28 nitrogen and oxygen atoms in total. The molecule has 30 heteroatoms. The molecule has 0 spiro atoms. The number of ether oxygens (including phenoxy) is 1. The number of benzene rings is 1. The van der Waals surface area contributed by atoms with Crippen molar-refractivity contribution in [1.29, 1.82) is 0 Å². The number of imidazole rings is 1. The molecule has 1 aromatic heterocycles. The number of phosphoric acid groups is 1. The van der Waals surface area contributed by atoms with Gasteiger partial charge in [0.2, 0.25) is 41.4 Å². The van der Waals surface area contributed by atoms with Crippen LogP contribution in [0.2, 0.25) is 0 Å². The number of nitrogens with zero attached hydrogens (tertiary/aromatic N) is 6. The molecule has 8 rings (SSSR count). The van der Waals surface area contributed by atoms with Crippen LogP contribution < -0.4 is 39.7 Å². The van der Waals surface area contributed by atoms with Crippen molar-refractivity contribution in [2.45, 2.75) is 183 Å². The Morgan fingerprint density at radius 3 is 1.97 bits per heavy atom. The Labute approximate surface area is 538 Å². The average Bonchev–Trinajstić information content (AvgIpc) is 1.53. The molecule has 7 heterocycles. The first-order chi connectivity index (χ1) is 41.4. The van der Waals surface area contributed by atoms with Gasteiger partial charge in [0.05, 0.1) is 46.7 Å². The Morgan fingerprint density at radius 1 is 0.802 bits per heavy atom. The van der Waals surface area contributed by atoms with Crippen molar-refractivity contribution in [3.05, 3.63) is 69.2 Å². The second kappa shape index (κ2) is 27.2. The molecule has 1 aromatic carbocycles. The SMILES string of the molecule is C/C1=C2/[N-][C@H]([C@H](CC(N)=O)[C@@]2(C)CCC(=O)NCC(C)OP(=O)(O)O[C@H]2[C@@H](O)[C@@H](n3cnc4cc(C)c(C)cc43)O[C@@H]2CO)[C@]2(C)N=C(/C(C)=C3N=C(/C=C4N=C1[C@@H](CCC(N)=O)C\4(C)C)[C@@H](CCC(N)=O)[C@]\3(C)CC(N)=O)[C@@H](CCC(N)=O)[C@]2(C)C(N)=O.O.[Co]. The van der Waals surface area contributed by atoms with Crippen LogP contribution in [0.5, 0.6) is 0 Å². The van der Waals surface area contributed by atoms with Crippen molar-refractivity contribution in [3.63, 3.8) is 0 Å². The number of carbonyl (C=O) groups is 7. The number of rotatable bonds is 25. The van der Waals surface area contributed by atoms with Gasteiger partial charge in [-0.2, -0.15) is 5.70 Å². The minimum Gasteiger partial charge on any atom is -0.682 e. The number of carbonyl (C=O) groups excluding carboxylic acids is 7. The second-order valence-electron chi connectivity index (χ2n) is 26.5. The normalized spacial score (nSPS) is 33.7. The van der Waals surface area contributed by atoms with Gasteiger partial charge in [0.15, 0.2) is 6.23 Å². The number of nitrogens with two attached hydrogens (primary N) is 6. The van der Waals surface area contributed by atoms with Crippen molar-refractivity contribution in [3.8, 4) is 0 Å². The van der Waals surface area contributed by atoms with Crippen molar-refractivity contribution in [1.82, 2.24) is 14.9 Å². The van der Waals surface area contributed by atoms with Gasteiger partial charge in [0.25, 0.3) is 0 Å². The number of allylic oxidation sites excluding steroid dienone is 6. The molecule has 2 fully saturated rings. The summed E-state index contributed by atoms with van der Waals surface area (Å²) < 4.78 is 32.2. The quantitative estimate of drug-likeness (QED) is 0.0639. The van der Waals surface area contributed by atoms with Crippen LogP contribution in [0, 0.1) is 59.2 Å². The standard InChI is InChI=1S/C61H88N13O14P.Co.H2O/c1-28-20-38-39(21-29(28)2)74(27-69-38)55-50(82)51(40(26-75)86-55)88-89(84,85)87-30(3)25-68-47(81)18-19-58(8)36(22-45(65)79)54-61(11)60(10,56(67)83)35(14-17-44(64)78)49(73-61)32(5)53-59(9,24-46(66)80)33(12-15-42(62)76)37(70-53)23-41-57(6,7)34(13-16-43(63)77)48(71-41)31(4)52(58)72-54;;/h20-21,23,27,30,33-36,40,50-51,54-55,75,82H,12-19,22,24-26H2,1-11H3,(H15,62,63,64,65,66,67,68,70,71,72,73,76,77,78,79,80,81,83,84,85);;1H2/p-1/t30?,33-,34-,35-,36+,40-,50-,51-,54-,55+,58-,59+,60-,61+;;/m1../s1. The number of nitrogens with one attached hydrogen (secondary N) is 1. The summed E-state index contributed by atoms with van der Waals surface area (Å²) in [5, 5.41) is 30.1. The van der Waals surface area contributed by atoms with Crippen molar-refractivity contribution in [2.24, 2.45) is 94.7 Å². The van der Waals surface area contributed by atoms with Crippen LogP contribution in [0.1, 0.15) is 144 Å². The van der Waals surface area contributed by atoms with E-state index in [4.69, 9.17) is 68.5 Å². The van der Waals surface area contributed by atoms with Gasteiger partial charge in [-0.3, -0.25) is 57.6 Å². The fraction of sp³-hybridized carbons (Fsp3) is 0.623. The molecule has 18 N–H and O–H groups in total. The van der Waals surface area contributed by atoms with E-state index in [-0.39, 0.29) is 93.0 Å². The number of aryl methyl sites for hydroxylation is 2. The molecule has 2 aromatic rings. The number of aliphatic hydroxyl groups is 2. The fourth-order valence-electron chi connectivity index (χ4n) is 15.0.